The predicted molar refractivity (Wildman–Crippen MR) is 90.1 cm³/mol. The molecule has 1 aromatic heterocycles. The first-order valence-electron chi connectivity index (χ1n) is 7.58. The van der Waals surface area contributed by atoms with Crippen LogP contribution in [0.15, 0.2) is 30.5 Å². The molecule has 1 amide bonds. The van der Waals surface area contributed by atoms with Crippen molar-refractivity contribution in [3.05, 3.63) is 46.5 Å². The summed E-state index contributed by atoms with van der Waals surface area (Å²) in [6, 6.07) is 8.71. The number of anilines is 1. The zero-order chi connectivity index (χ0) is 15.6. The molecular weight excluding hydrogens is 294 g/mol. The Balaban J connectivity index is 1.61. The minimum absolute atomic E-state index is 0.0790. The number of rotatable bonds is 4. The second kappa shape index (κ2) is 6.18. The summed E-state index contributed by atoms with van der Waals surface area (Å²) >= 11 is 1.53. The van der Waals surface area contributed by atoms with Gasteiger partial charge in [-0.3, -0.25) is 4.79 Å². The number of aromatic nitrogens is 1. The number of amides is 1. The first kappa shape index (κ1) is 15.2. The third kappa shape index (κ3) is 3.54. The van der Waals surface area contributed by atoms with Gasteiger partial charge in [0.15, 0.2) is 5.13 Å². The number of nitrogens with zero attached hydrogens (tertiary/aromatic N) is 1. The Morgan fingerprint density at radius 3 is 2.91 bits per heavy atom. The van der Waals surface area contributed by atoms with Crippen molar-refractivity contribution in [2.75, 3.05) is 5.32 Å². The van der Waals surface area contributed by atoms with Gasteiger partial charge in [0, 0.05) is 30.1 Å². The summed E-state index contributed by atoms with van der Waals surface area (Å²) in [5.41, 5.74) is 3.05. The van der Waals surface area contributed by atoms with Crippen LogP contribution in [0.25, 0.3) is 0 Å². The smallest absolute Gasteiger partial charge is 0.223 e. The van der Waals surface area contributed by atoms with Crippen LogP contribution in [-0.4, -0.2) is 16.4 Å². The maximum atomic E-state index is 11.0. The minimum atomic E-state index is -0.0790. The summed E-state index contributed by atoms with van der Waals surface area (Å²) in [6.45, 7) is 4.58. The molecule has 0 aliphatic heterocycles. The fourth-order valence-corrected chi connectivity index (χ4v) is 3.74. The average molecular weight is 315 g/mol. The van der Waals surface area contributed by atoms with Gasteiger partial charge in [-0.1, -0.05) is 24.3 Å². The highest BCUT2D eigenvalue weighted by atomic mass is 32.1. The molecule has 2 aromatic rings. The number of thiazole rings is 1. The van der Waals surface area contributed by atoms with Crippen LogP contribution in [0.4, 0.5) is 5.13 Å². The molecule has 0 bridgehead atoms. The number of aryl methyl sites for hydroxylation is 1. The van der Waals surface area contributed by atoms with Crippen molar-refractivity contribution in [3.8, 4) is 0 Å². The summed E-state index contributed by atoms with van der Waals surface area (Å²) in [7, 11) is 0. The molecule has 1 heterocycles. The van der Waals surface area contributed by atoms with E-state index in [1.165, 1.54) is 29.4 Å². The molecule has 3 rings (SSSR count). The van der Waals surface area contributed by atoms with Crippen LogP contribution < -0.4 is 10.6 Å². The van der Waals surface area contributed by atoms with E-state index >= 15 is 0 Å². The van der Waals surface area contributed by atoms with Crippen LogP contribution in [0, 0.1) is 0 Å². The molecule has 5 heteroatoms. The van der Waals surface area contributed by atoms with Crippen molar-refractivity contribution >= 4 is 22.4 Å². The van der Waals surface area contributed by atoms with Crippen LogP contribution in [-0.2, 0) is 24.2 Å². The van der Waals surface area contributed by atoms with Crippen molar-refractivity contribution in [3.63, 3.8) is 0 Å². The van der Waals surface area contributed by atoms with Gasteiger partial charge in [-0.15, -0.1) is 11.3 Å². The number of nitrogens with one attached hydrogen (secondary N) is 2. The SMILES string of the molecule is CC(=O)Nc1ncc(CNC2(C)CCc3ccccc3C2)s1. The predicted octanol–water partition coefficient (Wildman–Crippen LogP) is 3.14. The molecule has 0 saturated carbocycles. The average Bonchev–Trinajstić information content (AvgIpc) is 2.92. The fraction of sp³-hybridized carbons (Fsp3) is 0.412. The van der Waals surface area contributed by atoms with E-state index < -0.39 is 0 Å². The van der Waals surface area contributed by atoms with Crippen molar-refractivity contribution in [2.45, 2.75) is 45.2 Å². The summed E-state index contributed by atoms with van der Waals surface area (Å²) < 4.78 is 0. The zero-order valence-corrected chi connectivity index (χ0v) is 13.8. The number of hydrogen-bond donors (Lipinski definition) is 2. The van der Waals surface area contributed by atoms with Crippen molar-refractivity contribution in [2.24, 2.45) is 0 Å². The maximum absolute atomic E-state index is 11.0. The van der Waals surface area contributed by atoms with E-state index in [0.29, 0.717) is 5.13 Å². The Hall–Kier alpha value is -1.72. The van der Waals surface area contributed by atoms with Crippen LogP contribution in [0.1, 0.15) is 36.3 Å². The zero-order valence-electron chi connectivity index (χ0n) is 13.0. The van der Waals surface area contributed by atoms with Crippen molar-refractivity contribution < 1.29 is 4.79 Å². The molecule has 0 saturated heterocycles. The first-order valence-corrected chi connectivity index (χ1v) is 8.40. The van der Waals surface area contributed by atoms with Crippen LogP contribution in [0.2, 0.25) is 0 Å². The highest BCUT2D eigenvalue weighted by Gasteiger charge is 2.29. The summed E-state index contributed by atoms with van der Waals surface area (Å²) in [6.07, 6.45) is 5.16. The summed E-state index contributed by atoms with van der Waals surface area (Å²) in [4.78, 5) is 16.4. The maximum Gasteiger partial charge on any atom is 0.223 e. The molecule has 1 aromatic carbocycles. The number of carbonyl (C=O) groups is 1. The summed E-state index contributed by atoms with van der Waals surface area (Å²) in [5, 5.41) is 7.08. The van der Waals surface area contributed by atoms with Gasteiger partial charge in [-0.05, 0) is 37.3 Å². The quantitative estimate of drug-likeness (QED) is 0.911. The molecule has 4 nitrogen and oxygen atoms in total. The monoisotopic (exact) mass is 315 g/mol. The van der Waals surface area contributed by atoms with Crippen LogP contribution in [0.5, 0.6) is 0 Å². The Kier molecular flexibility index (Phi) is 4.27. The molecular formula is C17H21N3OS. The third-order valence-electron chi connectivity index (χ3n) is 4.17. The summed E-state index contributed by atoms with van der Waals surface area (Å²) in [5.74, 6) is -0.0790. The van der Waals surface area contributed by atoms with Gasteiger partial charge in [0.05, 0.1) is 0 Å². The molecule has 0 radical (unpaired) electrons. The fourth-order valence-electron chi connectivity index (χ4n) is 2.94. The molecule has 0 fully saturated rings. The minimum Gasteiger partial charge on any atom is -0.306 e. The van der Waals surface area contributed by atoms with Gasteiger partial charge >= 0.3 is 0 Å². The van der Waals surface area contributed by atoms with Crippen LogP contribution in [0.3, 0.4) is 0 Å². The molecule has 1 aliphatic carbocycles. The number of carbonyl (C=O) groups excluding carboxylic acids is 1. The molecule has 2 N–H and O–H groups in total. The number of hydrogen-bond acceptors (Lipinski definition) is 4. The van der Waals surface area contributed by atoms with Gasteiger partial charge in [-0.2, -0.15) is 0 Å². The van der Waals surface area contributed by atoms with Crippen molar-refractivity contribution in [1.82, 2.24) is 10.3 Å². The van der Waals surface area contributed by atoms with E-state index in [9.17, 15) is 4.79 Å². The molecule has 1 unspecified atom stereocenters. The van der Waals surface area contributed by atoms with E-state index in [4.69, 9.17) is 0 Å². The van der Waals surface area contributed by atoms with Gasteiger partial charge in [-0.25, -0.2) is 4.98 Å². The molecule has 1 aliphatic rings. The van der Waals surface area contributed by atoms with Gasteiger partial charge in [0.25, 0.3) is 0 Å². The Morgan fingerprint density at radius 1 is 1.36 bits per heavy atom. The van der Waals surface area contributed by atoms with Gasteiger partial charge < -0.3 is 10.6 Å². The second-order valence-electron chi connectivity index (χ2n) is 6.17. The van der Waals surface area contributed by atoms with Crippen molar-refractivity contribution in [1.29, 1.82) is 0 Å². The lowest BCUT2D eigenvalue weighted by atomic mass is 9.79. The number of benzene rings is 1. The van der Waals surface area contributed by atoms with E-state index in [1.807, 2.05) is 6.20 Å². The normalized spacial score (nSPS) is 20.5. The Morgan fingerprint density at radius 2 is 2.14 bits per heavy atom. The van der Waals surface area contributed by atoms with E-state index in [0.717, 1.165) is 30.7 Å². The molecule has 22 heavy (non-hydrogen) atoms. The lowest BCUT2D eigenvalue weighted by Gasteiger charge is -2.36. The van der Waals surface area contributed by atoms with E-state index in [1.54, 1.807) is 0 Å². The lowest BCUT2D eigenvalue weighted by molar-refractivity contribution is -0.114. The molecule has 116 valence electrons. The van der Waals surface area contributed by atoms with Gasteiger partial charge in [0.2, 0.25) is 5.91 Å². The second-order valence-corrected chi connectivity index (χ2v) is 7.29. The van der Waals surface area contributed by atoms with Crippen LogP contribution >= 0.6 is 11.3 Å². The largest absolute Gasteiger partial charge is 0.306 e. The first-order chi connectivity index (χ1) is 10.5. The molecule has 1 atom stereocenters. The topological polar surface area (TPSA) is 54.0 Å². The lowest BCUT2D eigenvalue weighted by Crippen LogP contribution is -2.46. The Bertz CT molecular complexity index is 682. The highest BCUT2D eigenvalue weighted by molar-refractivity contribution is 7.15. The standard InChI is InChI=1S/C17H21N3OS/c1-12(21)20-16-18-10-15(22-16)11-19-17(2)8-7-13-5-3-4-6-14(13)9-17/h3-6,10,19H,7-9,11H2,1-2H3,(H,18,20,21). The highest BCUT2D eigenvalue weighted by Crippen LogP contribution is 2.29. The van der Waals surface area contributed by atoms with E-state index in [-0.39, 0.29) is 11.4 Å². The van der Waals surface area contributed by atoms with E-state index in [2.05, 4.69) is 46.8 Å². The number of fused-ring (bicyclic) bond motifs is 1. The van der Waals surface area contributed by atoms with Gasteiger partial charge in [0.1, 0.15) is 0 Å². The Labute approximate surface area is 135 Å². The molecule has 0 spiro atoms. The third-order valence-corrected chi connectivity index (χ3v) is 5.08.